The van der Waals surface area contributed by atoms with Gasteiger partial charge in [-0.1, -0.05) is 0 Å². The van der Waals surface area contributed by atoms with Crippen molar-refractivity contribution in [2.75, 3.05) is 39.4 Å². The molecule has 2 rings (SSSR count). The summed E-state index contributed by atoms with van der Waals surface area (Å²) in [7, 11) is 0. The van der Waals surface area contributed by atoms with Gasteiger partial charge in [0.15, 0.2) is 0 Å². The van der Waals surface area contributed by atoms with Crippen molar-refractivity contribution in [2.24, 2.45) is 0 Å². The molecule has 0 saturated carbocycles. The molecular weight excluding hydrogens is 268 g/mol. The summed E-state index contributed by atoms with van der Waals surface area (Å²) < 4.78 is 31.4. The number of morpholine rings is 1. The molecule has 2 saturated heterocycles. The minimum atomic E-state index is -2.78. The van der Waals surface area contributed by atoms with Gasteiger partial charge in [-0.3, -0.25) is 15.0 Å². The van der Waals surface area contributed by atoms with Crippen molar-refractivity contribution < 1.29 is 18.3 Å². The van der Waals surface area contributed by atoms with Crippen LogP contribution in [0.5, 0.6) is 0 Å². The van der Waals surface area contributed by atoms with Crippen molar-refractivity contribution in [3.05, 3.63) is 0 Å². The van der Waals surface area contributed by atoms with E-state index in [9.17, 15) is 13.6 Å². The van der Waals surface area contributed by atoms with Crippen LogP contribution in [0, 0.1) is 0 Å². The maximum absolute atomic E-state index is 13.1. The molecule has 0 spiro atoms. The molecule has 1 amide bonds. The zero-order chi connectivity index (χ0) is 14.8. The highest BCUT2D eigenvalue weighted by atomic mass is 19.3. The second kappa shape index (κ2) is 5.91. The van der Waals surface area contributed by atoms with Crippen molar-refractivity contribution in [1.82, 2.24) is 15.5 Å². The Morgan fingerprint density at radius 2 is 2.10 bits per heavy atom. The van der Waals surface area contributed by atoms with Gasteiger partial charge in [-0.15, -0.1) is 0 Å². The third kappa shape index (κ3) is 3.86. The van der Waals surface area contributed by atoms with E-state index >= 15 is 0 Å². The molecule has 0 bridgehead atoms. The Balaban J connectivity index is 1.80. The number of nitrogens with one attached hydrogen (secondary N) is 2. The zero-order valence-corrected chi connectivity index (χ0v) is 12.0. The molecule has 1 atom stereocenters. The summed E-state index contributed by atoms with van der Waals surface area (Å²) in [5.74, 6) is -3.12. The smallest absolute Gasteiger partial charge is 0.262 e. The molecule has 116 valence electrons. The van der Waals surface area contributed by atoms with Crippen LogP contribution in [-0.4, -0.2) is 67.7 Å². The van der Waals surface area contributed by atoms with Gasteiger partial charge in [-0.25, -0.2) is 8.78 Å². The van der Waals surface area contributed by atoms with Crippen molar-refractivity contribution in [3.8, 4) is 0 Å². The molecule has 2 heterocycles. The van der Waals surface area contributed by atoms with Crippen LogP contribution in [0.25, 0.3) is 0 Å². The Labute approximate surface area is 118 Å². The summed E-state index contributed by atoms with van der Waals surface area (Å²) in [6.07, 6.45) is -0.420. The normalized spacial score (nSPS) is 27.5. The second-order valence-electron chi connectivity index (χ2n) is 6.12. The SMILES string of the molecule is CC(C)(CNC(=O)C1CC(F)(F)CN1)N1CCOCC1. The number of ether oxygens (including phenoxy) is 1. The molecule has 7 heteroatoms. The van der Waals surface area contributed by atoms with Crippen LogP contribution in [0.15, 0.2) is 0 Å². The van der Waals surface area contributed by atoms with Crippen LogP contribution < -0.4 is 10.6 Å². The van der Waals surface area contributed by atoms with Gasteiger partial charge in [-0.05, 0) is 13.8 Å². The van der Waals surface area contributed by atoms with E-state index in [4.69, 9.17) is 4.74 Å². The summed E-state index contributed by atoms with van der Waals surface area (Å²) in [5, 5.41) is 5.35. The summed E-state index contributed by atoms with van der Waals surface area (Å²) >= 11 is 0. The summed E-state index contributed by atoms with van der Waals surface area (Å²) in [4.78, 5) is 14.2. The van der Waals surface area contributed by atoms with Crippen LogP contribution in [0.3, 0.4) is 0 Å². The van der Waals surface area contributed by atoms with Crippen molar-refractivity contribution in [1.29, 1.82) is 0 Å². The predicted octanol–water partition coefficient (Wildman–Crippen LogP) is 0.211. The number of rotatable bonds is 4. The Kier molecular flexibility index (Phi) is 4.61. The van der Waals surface area contributed by atoms with E-state index in [0.717, 1.165) is 13.1 Å². The van der Waals surface area contributed by atoms with E-state index in [2.05, 4.69) is 15.5 Å². The Hall–Kier alpha value is -0.790. The molecule has 0 aromatic rings. The maximum Gasteiger partial charge on any atom is 0.262 e. The van der Waals surface area contributed by atoms with E-state index in [-0.39, 0.29) is 11.4 Å². The minimum absolute atomic E-state index is 0.208. The van der Waals surface area contributed by atoms with Gasteiger partial charge in [0.1, 0.15) is 0 Å². The quantitative estimate of drug-likeness (QED) is 0.777. The van der Waals surface area contributed by atoms with Crippen LogP contribution in [0.4, 0.5) is 8.78 Å². The molecule has 2 aliphatic heterocycles. The first-order valence-corrected chi connectivity index (χ1v) is 7.02. The van der Waals surface area contributed by atoms with Gasteiger partial charge < -0.3 is 10.1 Å². The molecule has 1 unspecified atom stereocenters. The van der Waals surface area contributed by atoms with E-state index in [0.29, 0.717) is 19.8 Å². The number of nitrogens with zero attached hydrogens (tertiary/aromatic N) is 1. The summed E-state index contributed by atoms with van der Waals surface area (Å²) in [6.45, 7) is 7.12. The highest BCUT2D eigenvalue weighted by Crippen LogP contribution is 2.25. The van der Waals surface area contributed by atoms with Crippen LogP contribution in [0.1, 0.15) is 20.3 Å². The summed E-state index contributed by atoms with van der Waals surface area (Å²) in [5.41, 5.74) is -0.208. The van der Waals surface area contributed by atoms with Crippen LogP contribution in [-0.2, 0) is 9.53 Å². The first-order chi connectivity index (χ1) is 9.30. The van der Waals surface area contributed by atoms with E-state index in [1.807, 2.05) is 13.8 Å². The van der Waals surface area contributed by atoms with Gasteiger partial charge >= 0.3 is 0 Å². The molecule has 0 aromatic heterocycles. The van der Waals surface area contributed by atoms with E-state index in [1.54, 1.807) is 0 Å². The molecule has 0 aromatic carbocycles. The Morgan fingerprint density at radius 3 is 2.65 bits per heavy atom. The van der Waals surface area contributed by atoms with E-state index < -0.39 is 24.9 Å². The molecule has 0 radical (unpaired) electrons. The molecule has 2 aliphatic rings. The highest BCUT2D eigenvalue weighted by Gasteiger charge is 2.42. The van der Waals surface area contributed by atoms with Gasteiger partial charge in [0.25, 0.3) is 5.92 Å². The predicted molar refractivity (Wildman–Crippen MR) is 70.8 cm³/mol. The second-order valence-corrected chi connectivity index (χ2v) is 6.12. The number of carbonyl (C=O) groups is 1. The van der Waals surface area contributed by atoms with Crippen molar-refractivity contribution in [3.63, 3.8) is 0 Å². The van der Waals surface area contributed by atoms with Crippen molar-refractivity contribution in [2.45, 2.75) is 37.8 Å². The zero-order valence-electron chi connectivity index (χ0n) is 12.0. The lowest BCUT2D eigenvalue weighted by Crippen LogP contribution is -2.56. The largest absolute Gasteiger partial charge is 0.379 e. The lowest BCUT2D eigenvalue weighted by atomic mass is 10.0. The van der Waals surface area contributed by atoms with Crippen molar-refractivity contribution >= 4 is 5.91 Å². The average Bonchev–Trinajstić information content (AvgIpc) is 2.78. The molecular formula is C13H23F2N3O2. The van der Waals surface area contributed by atoms with Crippen LogP contribution in [0.2, 0.25) is 0 Å². The Bertz CT molecular complexity index is 358. The fourth-order valence-electron chi connectivity index (χ4n) is 2.61. The van der Waals surface area contributed by atoms with E-state index in [1.165, 1.54) is 0 Å². The molecule has 20 heavy (non-hydrogen) atoms. The lowest BCUT2D eigenvalue weighted by molar-refractivity contribution is -0.124. The third-order valence-electron chi connectivity index (χ3n) is 3.99. The Morgan fingerprint density at radius 1 is 1.45 bits per heavy atom. The molecule has 5 nitrogen and oxygen atoms in total. The fourth-order valence-corrected chi connectivity index (χ4v) is 2.61. The van der Waals surface area contributed by atoms with Crippen LogP contribution >= 0.6 is 0 Å². The number of amides is 1. The monoisotopic (exact) mass is 291 g/mol. The highest BCUT2D eigenvalue weighted by molar-refractivity contribution is 5.82. The van der Waals surface area contributed by atoms with Gasteiger partial charge in [-0.2, -0.15) is 0 Å². The molecule has 2 N–H and O–H groups in total. The van der Waals surface area contributed by atoms with Gasteiger partial charge in [0.2, 0.25) is 5.91 Å². The number of hydrogen-bond acceptors (Lipinski definition) is 4. The first-order valence-electron chi connectivity index (χ1n) is 7.02. The van der Waals surface area contributed by atoms with Gasteiger partial charge in [0, 0.05) is 31.6 Å². The average molecular weight is 291 g/mol. The lowest BCUT2D eigenvalue weighted by Gasteiger charge is -2.41. The number of hydrogen-bond donors (Lipinski definition) is 2. The molecule has 2 fully saturated rings. The number of alkyl halides is 2. The standard InChI is InChI=1S/C13H23F2N3O2/c1-12(2,18-3-5-20-6-4-18)8-17-11(19)10-7-13(14,15)9-16-10/h10,16H,3-9H2,1-2H3,(H,17,19). The number of halogens is 2. The number of carbonyl (C=O) groups excluding carboxylic acids is 1. The fraction of sp³-hybridized carbons (Fsp3) is 0.923. The first kappa shape index (κ1) is 15.6. The summed E-state index contributed by atoms with van der Waals surface area (Å²) in [6, 6.07) is -0.787. The van der Waals surface area contributed by atoms with Gasteiger partial charge in [0.05, 0.1) is 25.8 Å². The third-order valence-corrected chi connectivity index (χ3v) is 3.99. The molecule has 0 aliphatic carbocycles. The topological polar surface area (TPSA) is 53.6 Å². The maximum atomic E-state index is 13.1. The minimum Gasteiger partial charge on any atom is -0.379 e.